The van der Waals surface area contributed by atoms with E-state index in [-0.39, 0.29) is 11.5 Å². The first-order valence-electron chi connectivity index (χ1n) is 7.95. The Hall–Kier alpha value is -2.57. The first-order chi connectivity index (χ1) is 12.5. The quantitative estimate of drug-likeness (QED) is 0.658. The van der Waals surface area contributed by atoms with Gasteiger partial charge in [-0.25, -0.2) is 0 Å². The van der Waals surface area contributed by atoms with E-state index >= 15 is 0 Å². The number of H-pyrrole nitrogens is 1. The van der Waals surface area contributed by atoms with Gasteiger partial charge in [0.1, 0.15) is 11.4 Å². The van der Waals surface area contributed by atoms with Crippen LogP contribution >= 0.6 is 23.2 Å². The molecule has 0 aliphatic carbocycles. The number of rotatable bonds is 6. The highest BCUT2D eigenvalue weighted by molar-refractivity contribution is 6.42. The van der Waals surface area contributed by atoms with Crippen LogP contribution in [0, 0.1) is 0 Å². The summed E-state index contributed by atoms with van der Waals surface area (Å²) in [6, 6.07) is 12.5. The van der Waals surface area contributed by atoms with Crippen molar-refractivity contribution in [3.8, 4) is 5.75 Å². The summed E-state index contributed by atoms with van der Waals surface area (Å²) in [5, 5.41) is 11.8. The Balaban J connectivity index is 1.72. The van der Waals surface area contributed by atoms with Crippen molar-refractivity contribution >= 4 is 34.8 Å². The monoisotopic (exact) mass is 390 g/mol. The molecule has 0 amide bonds. The summed E-state index contributed by atoms with van der Waals surface area (Å²) in [4.78, 5) is 14.9. The van der Waals surface area contributed by atoms with Gasteiger partial charge in [0, 0.05) is 12.1 Å². The van der Waals surface area contributed by atoms with Crippen molar-refractivity contribution < 1.29 is 4.74 Å². The third kappa shape index (κ3) is 4.53. The lowest BCUT2D eigenvalue weighted by Crippen LogP contribution is -2.18. The summed E-state index contributed by atoms with van der Waals surface area (Å²) in [6.07, 6.45) is 0.377. The zero-order valence-electron chi connectivity index (χ0n) is 13.9. The Labute approximate surface area is 160 Å². The molecule has 0 aliphatic rings. The molecule has 0 unspecified atom stereocenters. The molecule has 0 spiro atoms. The largest absolute Gasteiger partial charge is 0.494 e. The van der Waals surface area contributed by atoms with E-state index in [0.717, 1.165) is 11.3 Å². The maximum absolute atomic E-state index is 12.3. The van der Waals surface area contributed by atoms with Gasteiger partial charge in [-0.2, -0.15) is 0 Å². The Morgan fingerprint density at radius 1 is 1.08 bits per heavy atom. The molecule has 2 aromatic carbocycles. The fourth-order valence-electron chi connectivity index (χ4n) is 2.31. The molecule has 0 aliphatic heterocycles. The summed E-state index contributed by atoms with van der Waals surface area (Å²) in [5.74, 6) is 1.02. The summed E-state index contributed by atoms with van der Waals surface area (Å²) in [5.41, 5.74) is 1.60. The van der Waals surface area contributed by atoms with E-state index in [1.54, 1.807) is 18.2 Å². The van der Waals surface area contributed by atoms with Gasteiger partial charge >= 0.3 is 0 Å². The molecule has 134 valence electrons. The molecular formula is C18H16Cl2N4O2. The van der Waals surface area contributed by atoms with E-state index in [4.69, 9.17) is 27.9 Å². The van der Waals surface area contributed by atoms with E-state index in [9.17, 15) is 4.79 Å². The Bertz CT molecular complexity index is 958. The number of hydrogen-bond acceptors (Lipinski definition) is 5. The topological polar surface area (TPSA) is 79.9 Å². The standard InChI is InChI=1S/C18H16Cl2N4O2/c1-2-26-13-6-3-11(4-7-13)9-16-17(25)22-18(24-23-16)21-12-5-8-14(19)15(20)10-12/h3-8,10H,2,9H2,1H3,(H2,21,22,24,25). The molecule has 0 fully saturated rings. The second kappa shape index (κ2) is 8.21. The molecule has 0 bridgehead atoms. The molecule has 3 aromatic rings. The van der Waals surface area contributed by atoms with Crippen molar-refractivity contribution in [1.82, 2.24) is 15.2 Å². The molecule has 0 saturated carbocycles. The predicted molar refractivity (Wildman–Crippen MR) is 103 cm³/mol. The molecule has 3 rings (SSSR count). The number of halogens is 2. The molecule has 8 heteroatoms. The molecule has 1 aromatic heterocycles. The number of ether oxygens (including phenoxy) is 1. The zero-order valence-corrected chi connectivity index (χ0v) is 15.4. The van der Waals surface area contributed by atoms with Gasteiger partial charge in [-0.15, -0.1) is 10.2 Å². The number of benzene rings is 2. The van der Waals surface area contributed by atoms with Gasteiger partial charge in [-0.1, -0.05) is 35.3 Å². The third-order valence-electron chi connectivity index (χ3n) is 3.55. The SMILES string of the molecule is CCOc1ccc(Cc2nnc(Nc3ccc(Cl)c(Cl)c3)[nH]c2=O)cc1. The zero-order chi connectivity index (χ0) is 18.5. The summed E-state index contributed by atoms with van der Waals surface area (Å²) in [7, 11) is 0. The third-order valence-corrected chi connectivity index (χ3v) is 4.29. The Morgan fingerprint density at radius 3 is 2.50 bits per heavy atom. The first kappa shape index (κ1) is 18.2. The number of nitrogens with one attached hydrogen (secondary N) is 2. The number of nitrogens with zero attached hydrogens (tertiary/aromatic N) is 2. The maximum atomic E-state index is 12.3. The van der Waals surface area contributed by atoms with E-state index in [2.05, 4.69) is 20.5 Å². The molecular weight excluding hydrogens is 375 g/mol. The van der Waals surface area contributed by atoms with E-state index in [1.807, 2.05) is 31.2 Å². The normalized spacial score (nSPS) is 10.6. The van der Waals surface area contributed by atoms with Gasteiger partial charge in [0.05, 0.1) is 16.7 Å². The molecule has 0 atom stereocenters. The number of anilines is 2. The fraction of sp³-hybridized carbons (Fsp3) is 0.167. The van der Waals surface area contributed by atoms with Gasteiger partial charge in [0.15, 0.2) is 0 Å². The van der Waals surface area contributed by atoms with Gasteiger partial charge in [0.2, 0.25) is 5.95 Å². The van der Waals surface area contributed by atoms with Crippen LogP contribution in [0.5, 0.6) is 5.75 Å². The average Bonchev–Trinajstić information content (AvgIpc) is 2.62. The van der Waals surface area contributed by atoms with Crippen LogP contribution in [0.15, 0.2) is 47.3 Å². The van der Waals surface area contributed by atoms with Gasteiger partial charge in [-0.05, 0) is 42.8 Å². The number of hydrogen-bond donors (Lipinski definition) is 2. The summed E-state index contributed by atoms with van der Waals surface area (Å²) < 4.78 is 5.40. The van der Waals surface area contributed by atoms with Crippen molar-refractivity contribution in [2.45, 2.75) is 13.3 Å². The van der Waals surface area contributed by atoms with Gasteiger partial charge in [-0.3, -0.25) is 9.78 Å². The highest BCUT2D eigenvalue weighted by Crippen LogP contribution is 2.25. The van der Waals surface area contributed by atoms with Crippen LogP contribution in [-0.4, -0.2) is 21.8 Å². The summed E-state index contributed by atoms with van der Waals surface area (Å²) in [6.45, 7) is 2.54. The molecule has 26 heavy (non-hydrogen) atoms. The minimum absolute atomic E-state index is 0.226. The van der Waals surface area contributed by atoms with Crippen LogP contribution in [0.25, 0.3) is 0 Å². The van der Waals surface area contributed by atoms with Crippen LogP contribution < -0.4 is 15.6 Å². The van der Waals surface area contributed by atoms with E-state index in [0.29, 0.717) is 34.5 Å². The molecule has 2 N–H and O–H groups in total. The van der Waals surface area contributed by atoms with Crippen molar-refractivity contribution in [3.05, 3.63) is 74.1 Å². The lowest BCUT2D eigenvalue weighted by Gasteiger charge is -2.07. The lowest BCUT2D eigenvalue weighted by molar-refractivity contribution is 0.340. The molecule has 6 nitrogen and oxygen atoms in total. The fourth-order valence-corrected chi connectivity index (χ4v) is 2.60. The van der Waals surface area contributed by atoms with Gasteiger partial charge in [0.25, 0.3) is 5.56 Å². The van der Waals surface area contributed by atoms with Crippen molar-refractivity contribution in [2.24, 2.45) is 0 Å². The van der Waals surface area contributed by atoms with Crippen LogP contribution in [0.2, 0.25) is 10.0 Å². The highest BCUT2D eigenvalue weighted by Gasteiger charge is 2.07. The summed E-state index contributed by atoms with van der Waals surface area (Å²) >= 11 is 11.8. The number of aromatic amines is 1. The van der Waals surface area contributed by atoms with Crippen LogP contribution in [0.3, 0.4) is 0 Å². The van der Waals surface area contributed by atoms with Crippen molar-refractivity contribution in [1.29, 1.82) is 0 Å². The van der Waals surface area contributed by atoms with E-state index < -0.39 is 0 Å². The Kier molecular flexibility index (Phi) is 5.75. The minimum Gasteiger partial charge on any atom is -0.494 e. The van der Waals surface area contributed by atoms with Crippen LogP contribution in [0.1, 0.15) is 18.2 Å². The van der Waals surface area contributed by atoms with Crippen LogP contribution in [-0.2, 0) is 6.42 Å². The lowest BCUT2D eigenvalue weighted by atomic mass is 10.1. The molecule has 0 radical (unpaired) electrons. The maximum Gasteiger partial charge on any atom is 0.274 e. The molecule has 1 heterocycles. The van der Waals surface area contributed by atoms with Crippen molar-refractivity contribution in [2.75, 3.05) is 11.9 Å². The second-order valence-corrected chi connectivity index (χ2v) is 6.27. The first-order valence-corrected chi connectivity index (χ1v) is 8.70. The number of aromatic nitrogens is 3. The van der Waals surface area contributed by atoms with E-state index in [1.165, 1.54) is 0 Å². The second-order valence-electron chi connectivity index (χ2n) is 5.46. The smallest absolute Gasteiger partial charge is 0.274 e. The van der Waals surface area contributed by atoms with Crippen LogP contribution in [0.4, 0.5) is 11.6 Å². The highest BCUT2D eigenvalue weighted by atomic mass is 35.5. The average molecular weight is 391 g/mol. The van der Waals surface area contributed by atoms with Gasteiger partial charge < -0.3 is 10.1 Å². The minimum atomic E-state index is -0.309. The van der Waals surface area contributed by atoms with Crippen molar-refractivity contribution in [3.63, 3.8) is 0 Å². The molecule has 0 saturated heterocycles. The Morgan fingerprint density at radius 2 is 1.85 bits per heavy atom. The predicted octanol–water partition coefficient (Wildman–Crippen LogP) is 4.20.